The van der Waals surface area contributed by atoms with Crippen molar-refractivity contribution in [2.24, 2.45) is 11.8 Å². The molecule has 146 valence electrons. The van der Waals surface area contributed by atoms with Crippen molar-refractivity contribution >= 4 is 11.8 Å². The molecule has 1 aliphatic carbocycles. The van der Waals surface area contributed by atoms with Crippen molar-refractivity contribution in [3.8, 4) is 0 Å². The molecule has 2 aliphatic rings. The molecule has 1 saturated carbocycles. The molecule has 6 heteroatoms. The molecule has 2 amide bonds. The molecule has 1 aromatic heterocycles. The van der Waals surface area contributed by atoms with Crippen molar-refractivity contribution in [2.45, 2.75) is 25.3 Å². The molecule has 0 spiro atoms. The van der Waals surface area contributed by atoms with Gasteiger partial charge in [0, 0.05) is 42.1 Å². The minimum atomic E-state index is -0.296. The highest BCUT2D eigenvalue weighted by atomic mass is 16.5. The van der Waals surface area contributed by atoms with Gasteiger partial charge in [-0.15, -0.1) is 0 Å². The van der Waals surface area contributed by atoms with Crippen molar-refractivity contribution in [1.29, 1.82) is 0 Å². The zero-order chi connectivity index (χ0) is 19.7. The third-order valence-corrected chi connectivity index (χ3v) is 5.78. The first kappa shape index (κ1) is 18.6. The molecule has 2 N–H and O–H groups in total. The molecule has 1 saturated heterocycles. The molecular formula is C22H25N3O3. The van der Waals surface area contributed by atoms with E-state index in [1.807, 2.05) is 36.4 Å². The van der Waals surface area contributed by atoms with Crippen LogP contribution in [0.25, 0.3) is 0 Å². The number of aromatic nitrogens is 1. The maximum absolute atomic E-state index is 12.9. The van der Waals surface area contributed by atoms with Gasteiger partial charge in [0.15, 0.2) is 0 Å². The van der Waals surface area contributed by atoms with Crippen LogP contribution in [0.2, 0.25) is 0 Å². The van der Waals surface area contributed by atoms with Crippen molar-refractivity contribution in [3.63, 3.8) is 0 Å². The highest BCUT2D eigenvalue weighted by molar-refractivity contribution is 5.99. The van der Waals surface area contributed by atoms with Gasteiger partial charge in [-0.3, -0.25) is 9.59 Å². The summed E-state index contributed by atoms with van der Waals surface area (Å²) in [5.74, 6) is 0.422. The van der Waals surface area contributed by atoms with Crippen molar-refractivity contribution in [3.05, 3.63) is 65.0 Å². The summed E-state index contributed by atoms with van der Waals surface area (Å²) in [4.78, 5) is 29.7. The topological polar surface area (TPSA) is 80.3 Å². The first-order valence-electron chi connectivity index (χ1n) is 9.80. The van der Waals surface area contributed by atoms with E-state index in [0.29, 0.717) is 30.6 Å². The molecule has 2 fully saturated rings. The van der Waals surface area contributed by atoms with Gasteiger partial charge in [-0.2, -0.15) is 0 Å². The fraction of sp³-hybridized carbons (Fsp3) is 0.409. The van der Waals surface area contributed by atoms with Gasteiger partial charge in [-0.1, -0.05) is 37.3 Å². The first-order valence-corrected chi connectivity index (χ1v) is 9.80. The summed E-state index contributed by atoms with van der Waals surface area (Å²) in [7, 11) is 1.57. The Kier molecular flexibility index (Phi) is 5.13. The van der Waals surface area contributed by atoms with Crippen LogP contribution >= 0.6 is 0 Å². The van der Waals surface area contributed by atoms with Crippen LogP contribution in [-0.2, 0) is 4.74 Å². The minimum Gasteiger partial charge on any atom is -0.381 e. The second kappa shape index (κ2) is 7.72. The van der Waals surface area contributed by atoms with E-state index in [1.165, 1.54) is 0 Å². The van der Waals surface area contributed by atoms with Crippen LogP contribution in [0.1, 0.15) is 51.4 Å². The maximum Gasteiger partial charge on any atom is 0.269 e. The quantitative estimate of drug-likeness (QED) is 0.807. The summed E-state index contributed by atoms with van der Waals surface area (Å²) in [6.07, 6.45) is 0.819. The Morgan fingerprint density at radius 3 is 2.50 bits per heavy atom. The van der Waals surface area contributed by atoms with Crippen LogP contribution in [0.4, 0.5) is 0 Å². The number of ether oxygens (including phenoxy) is 1. The lowest BCUT2D eigenvalue weighted by Gasteiger charge is -2.17. The Hall–Kier alpha value is -2.73. The van der Waals surface area contributed by atoms with Crippen molar-refractivity contribution < 1.29 is 14.3 Å². The average molecular weight is 379 g/mol. The van der Waals surface area contributed by atoms with E-state index >= 15 is 0 Å². The number of hydrogen-bond donors (Lipinski definition) is 2. The van der Waals surface area contributed by atoms with E-state index in [4.69, 9.17) is 4.74 Å². The maximum atomic E-state index is 12.9. The molecule has 4 rings (SSSR count). The number of nitrogens with one attached hydrogen (secondary N) is 2. The summed E-state index contributed by atoms with van der Waals surface area (Å²) in [5.41, 5.74) is 2.59. The number of benzene rings is 1. The highest BCUT2D eigenvalue weighted by Gasteiger charge is 2.54. The van der Waals surface area contributed by atoms with Crippen LogP contribution in [-0.4, -0.2) is 43.1 Å². The van der Waals surface area contributed by atoms with E-state index in [9.17, 15) is 9.59 Å². The molecule has 4 atom stereocenters. The Morgan fingerprint density at radius 1 is 1.14 bits per heavy atom. The molecule has 0 unspecified atom stereocenters. The molecule has 1 aliphatic heterocycles. The Morgan fingerprint density at radius 2 is 1.86 bits per heavy atom. The lowest BCUT2D eigenvalue weighted by molar-refractivity contribution is 0.0928. The zero-order valence-electron chi connectivity index (χ0n) is 16.1. The standard InChI is InChI=1S/C22H25N3O3/c1-3-15(13-7-5-4-6-8-13)18-9-14(10-19(24-18)22(27)23-2)21(26)25-20-16-11-28-12-17(16)20/h4-10,15-17,20H,3,11-12H2,1-2H3,(H,23,27)(H,25,26)/t15-,16-,17+,20+/m1/s1. The predicted octanol–water partition coefficient (Wildman–Crippen LogP) is 2.36. The number of hydrogen-bond acceptors (Lipinski definition) is 4. The number of fused-ring (bicyclic) bond motifs is 1. The van der Waals surface area contributed by atoms with Gasteiger partial charge >= 0.3 is 0 Å². The van der Waals surface area contributed by atoms with E-state index < -0.39 is 0 Å². The second-order valence-corrected chi connectivity index (χ2v) is 7.48. The molecule has 0 radical (unpaired) electrons. The molecule has 6 nitrogen and oxygen atoms in total. The van der Waals surface area contributed by atoms with E-state index in [0.717, 1.165) is 17.7 Å². The molecule has 28 heavy (non-hydrogen) atoms. The van der Waals surface area contributed by atoms with Crippen LogP contribution in [0, 0.1) is 11.8 Å². The smallest absolute Gasteiger partial charge is 0.269 e. The fourth-order valence-electron chi connectivity index (χ4n) is 4.10. The monoisotopic (exact) mass is 379 g/mol. The van der Waals surface area contributed by atoms with Gasteiger partial charge in [-0.05, 0) is 24.1 Å². The van der Waals surface area contributed by atoms with Gasteiger partial charge in [-0.25, -0.2) is 4.98 Å². The number of nitrogens with zero attached hydrogens (tertiary/aromatic N) is 1. The fourth-order valence-corrected chi connectivity index (χ4v) is 4.10. The summed E-state index contributed by atoms with van der Waals surface area (Å²) >= 11 is 0. The number of rotatable bonds is 6. The largest absolute Gasteiger partial charge is 0.381 e. The number of pyridine rings is 1. The Labute approximate surface area is 164 Å². The number of carbonyl (C=O) groups excluding carboxylic acids is 2. The highest BCUT2D eigenvalue weighted by Crippen LogP contribution is 2.44. The van der Waals surface area contributed by atoms with E-state index in [1.54, 1.807) is 13.1 Å². The Balaban J connectivity index is 1.65. The third kappa shape index (κ3) is 3.52. The van der Waals surface area contributed by atoms with Gasteiger partial charge in [0.05, 0.1) is 13.2 Å². The molecule has 0 bridgehead atoms. The van der Waals surface area contributed by atoms with Gasteiger partial charge in [0.2, 0.25) is 0 Å². The number of amides is 2. The minimum absolute atomic E-state index is 0.0195. The second-order valence-electron chi connectivity index (χ2n) is 7.48. The first-order chi connectivity index (χ1) is 13.6. The molecule has 2 heterocycles. The van der Waals surface area contributed by atoms with E-state index in [2.05, 4.69) is 22.5 Å². The average Bonchev–Trinajstić information content (AvgIpc) is 3.14. The SMILES string of the molecule is CC[C@H](c1ccccc1)c1cc(C(=O)N[C@H]2[C@@H]3COC[C@@H]32)cc(C(=O)NC)n1. The van der Waals surface area contributed by atoms with Crippen LogP contribution in [0.5, 0.6) is 0 Å². The van der Waals surface area contributed by atoms with E-state index in [-0.39, 0.29) is 29.5 Å². The summed E-state index contributed by atoms with van der Waals surface area (Å²) in [6.45, 7) is 3.51. The van der Waals surface area contributed by atoms with Crippen LogP contribution in [0.3, 0.4) is 0 Å². The summed E-state index contributed by atoms with van der Waals surface area (Å²) in [6, 6.07) is 13.6. The summed E-state index contributed by atoms with van der Waals surface area (Å²) in [5, 5.41) is 5.71. The number of carbonyl (C=O) groups is 2. The zero-order valence-corrected chi connectivity index (χ0v) is 16.1. The van der Waals surface area contributed by atoms with Crippen molar-refractivity contribution in [1.82, 2.24) is 15.6 Å². The normalized spacial score (nSPS) is 23.6. The lowest BCUT2D eigenvalue weighted by Crippen LogP contribution is -2.31. The molecule has 1 aromatic carbocycles. The molecule has 2 aromatic rings. The Bertz CT molecular complexity index is 874. The predicted molar refractivity (Wildman–Crippen MR) is 105 cm³/mol. The van der Waals surface area contributed by atoms with Crippen LogP contribution < -0.4 is 10.6 Å². The summed E-state index contributed by atoms with van der Waals surface area (Å²) < 4.78 is 5.39. The van der Waals surface area contributed by atoms with Gasteiger partial charge in [0.25, 0.3) is 11.8 Å². The van der Waals surface area contributed by atoms with Gasteiger partial charge in [0.1, 0.15) is 5.69 Å². The molecular weight excluding hydrogens is 354 g/mol. The lowest BCUT2D eigenvalue weighted by atomic mass is 9.91. The van der Waals surface area contributed by atoms with Crippen LogP contribution in [0.15, 0.2) is 42.5 Å². The van der Waals surface area contributed by atoms with Gasteiger partial charge < -0.3 is 15.4 Å². The van der Waals surface area contributed by atoms with Crippen molar-refractivity contribution in [2.75, 3.05) is 20.3 Å². The third-order valence-electron chi connectivity index (χ3n) is 5.78.